The van der Waals surface area contributed by atoms with Crippen LogP contribution < -0.4 is 0 Å². The number of rotatable bonds is 6. The summed E-state index contributed by atoms with van der Waals surface area (Å²) in [7, 11) is 0. The lowest BCUT2D eigenvalue weighted by Gasteiger charge is -2.34. The molecule has 1 aliphatic heterocycles. The molecule has 0 unspecified atom stereocenters. The van der Waals surface area contributed by atoms with Gasteiger partial charge in [0.25, 0.3) is 0 Å². The molecular formula is C17H24N4. The summed E-state index contributed by atoms with van der Waals surface area (Å²) < 4.78 is 2.02. The normalized spacial score (nSPS) is 17.1. The van der Waals surface area contributed by atoms with Crippen LogP contribution in [0.15, 0.2) is 48.8 Å². The number of hydrogen-bond donors (Lipinski definition) is 0. The Balaban J connectivity index is 1.35. The molecule has 1 saturated heterocycles. The molecule has 1 fully saturated rings. The smallest absolute Gasteiger partial charge is 0.0536 e. The average Bonchev–Trinajstić information content (AvgIpc) is 3.06. The number of nitrogens with zero attached hydrogens (tertiary/aromatic N) is 4. The molecule has 21 heavy (non-hydrogen) atoms. The highest BCUT2D eigenvalue weighted by Gasteiger charge is 2.16. The van der Waals surface area contributed by atoms with Crippen LogP contribution in [0.5, 0.6) is 0 Å². The van der Waals surface area contributed by atoms with Gasteiger partial charge in [-0.3, -0.25) is 9.58 Å². The number of aromatic nitrogens is 2. The lowest BCUT2D eigenvalue weighted by Crippen LogP contribution is -2.47. The molecule has 112 valence electrons. The van der Waals surface area contributed by atoms with E-state index in [2.05, 4.69) is 45.2 Å². The molecule has 4 heteroatoms. The van der Waals surface area contributed by atoms with Crippen LogP contribution in [-0.2, 0) is 13.0 Å². The lowest BCUT2D eigenvalue weighted by atomic mass is 10.1. The van der Waals surface area contributed by atoms with E-state index < -0.39 is 0 Å². The van der Waals surface area contributed by atoms with Gasteiger partial charge >= 0.3 is 0 Å². The molecule has 1 aromatic heterocycles. The minimum absolute atomic E-state index is 0.997. The highest BCUT2D eigenvalue weighted by Crippen LogP contribution is 2.05. The van der Waals surface area contributed by atoms with Crippen LogP contribution in [0.2, 0.25) is 0 Å². The quantitative estimate of drug-likeness (QED) is 0.807. The number of hydrogen-bond acceptors (Lipinski definition) is 3. The van der Waals surface area contributed by atoms with Gasteiger partial charge in [-0.2, -0.15) is 5.10 Å². The van der Waals surface area contributed by atoms with Gasteiger partial charge in [0.1, 0.15) is 0 Å². The molecule has 0 spiro atoms. The SMILES string of the molecule is c1ccc(CCN2CCN(CCn3cccn3)CC2)cc1. The van der Waals surface area contributed by atoms with Crippen LogP contribution in [0, 0.1) is 0 Å². The topological polar surface area (TPSA) is 24.3 Å². The minimum Gasteiger partial charge on any atom is -0.300 e. The average molecular weight is 284 g/mol. The summed E-state index contributed by atoms with van der Waals surface area (Å²) >= 11 is 0. The molecule has 0 N–H and O–H groups in total. The predicted molar refractivity (Wildman–Crippen MR) is 85.3 cm³/mol. The van der Waals surface area contributed by atoms with Gasteiger partial charge in [-0.15, -0.1) is 0 Å². The van der Waals surface area contributed by atoms with E-state index in [0.29, 0.717) is 0 Å². The van der Waals surface area contributed by atoms with Crippen molar-refractivity contribution in [2.45, 2.75) is 13.0 Å². The molecule has 0 aliphatic carbocycles. The van der Waals surface area contributed by atoms with Crippen LogP contribution in [0.3, 0.4) is 0 Å². The van der Waals surface area contributed by atoms with Crippen LogP contribution in [0.25, 0.3) is 0 Å². The van der Waals surface area contributed by atoms with Crippen molar-refractivity contribution < 1.29 is 0 Å². The fourth-order valence-electron chi connectivity index (χ4n) is 2.84. The molecule has 2 heterocycles. The zero-order chi connectivity index (χ0) is 14.3. The predicted octanol–water partition coefficient (Wildman–Crippen LogP) is 1.74. The van der Waals surface area contributed by atoms with Crippen molar-refractivity contribution in [2.24, 2.45) is 0 Å². The third-order valence-electron chi connectivity index (χ3n) is 4.23. The fourth-order valence-corrected chi connectivity index (χ4v) is 2.84. The van der Waals surface area contributed by atoms with E-state index in [1.54, 1.807) is 0 Å². The lowest BCUT2D eigenvalue weighted by molar-refractivity contribution is 0.129. The number of piperazine rings is 1. The molecule has 0 atom stereocenters. The van der Waals surface area contributed by atoms with Crippen LogP contribution >= 0.6 is 0 Å². The Labute approximate surface area is 127 Å². The Bertz CT molecular complexity index is 501. The molecular weight excluding hydrogens is 260 g/mol. The van der Waals surface area contributed by atoms with Crippen molar-refractivity contribution in [1.82, 2.24) is 19.6 Å². The van der Waals surface area contributed by atoms with Gasteiger partial charge in [0.15, 0.2) is 0 Å². The maximum absolute atomic E-state index is 4.26. The van der Waals surface area contributed by atoms with Gasteiger partial charge in [0, 0.05) is 51.7 Å². The summed E-state index contributed by atoms with van der Waals surface area (Å²) in [5.41, 5.74) is 1.44. The number of benzene rings is 1. The monoisotopic (exact) mass is 284 g/mol. The van der Waals surface area contributed by atoms with Gasteiger partial charge in [-0.05, 0) is 18.1 Å². The summed E-state index contributed by atoms with van der Waals surface area (Å²) in [6.07, 6.45) is 5.05. The third-order valence-corrected chi connectivity index (χ3v) is 4.23. The zero-order valence-corrected chi connectivity index (χ0v) is 12.6. The Kier molecular flexibility index (Phi) is 5.03. The minimum atomic E-state index is 0.997. The van der Waals surface area contributed by atoms with Crippen molar-refractivity contribution in [3.8, 4) is 0 Å². The second-order valence-corrected chi connectivity index (χ2v) is 5.69. The van der Waals surface area contributed by atoms with Crippen LogP contribution in [0.1, 0.15) is 5.56 Å². The van der Waals surface area contributed by atoms with E-state index >= 15 is 0 Å². The largest absolute Gasteiger partial charge is 0.300 e. The standard InChI is InChI=1S/C17H24N4/c1-2-5-17(6-3-1)7-10-19-11-13-20(14-12-19)15-16-21-9-4-8-18-21/h1-6,8-9H,7,10-16H2. The molecule has 3 rings (SSSR count). The molecule has 0 bridgehead atoms. The Morgan fingerprint density at radius 3 is 2.19 bits per heavy atom. The van der Waals surface area contributed by atoms with Gasteiger partial charge in [0.2, 0.25) is 0 Å². The maximum Gasteiger partial charge on any atom is 0.0536 e. The third kappa shape index (κ3) is 4.41. The van der Waals surface area contributed by atoms with Gasteiger partial charge in [0.05, 0.1) is 6.54 Å². The van der Waals surface area contributed by atoms with Gasteiger partial charge in [-0.1, -0.05) is 30.3 Å². The summed E-state index contributed by atoms with van der Waals surface area (Å²) in [4.78, 5) is 5.12. The maximum atomic E-state index is 4.26. The van der Waals surface area contributed by atoms with E-state index in [1.165, 1.54) is 38.3 Å². The van der Waals surface area contributed by atoms with E-state index in [4.69, 9.17) is 0 Å². The first kappa shape index (κ1) is 14.3. The van der Waals surface area contributed by atoms with E-state index in [9.17, 15) is 0 Å². The van der Waals surface area contributed by atoms with Gasteiger partial charge in [-0.25, -0.2) is 0 Å². The molecule has 0 saturated carbocycles. The summed E-state index contributed by atoms with van der Waals surface area (Å²) in [6.45, 7) is 8.01. The van der Waals surface area contributed by atoms with Crippen LogP contribution in [-0.4, -0.2) is 58.8 Å². The molecule has 1 aliphatic rings. The van der Waals surface area contributed by atoms with Gasteiger partial charge < -0.3 is 4.90 Å². The molecule has 0 amide bonds. The van der Waals surface area contributed by atoms with Crippen molar-refractivity contribution in [2.75, 3.05) is 39.3 Å². The highest BCUT2D eigenvalue weighted by molar-refractivity contribution is 5.14. The summed E-state index contributed by atoms with van der Waals surface area (Å²) in [5, 5.41) is 4.26. The van der Waals surface area contributed by atoms with Crippen molar-refractivity contribution in [1.29, 1.82) is 0 Å². The first-order valence-corrected chi connectivity index (χ1v) is 7.86. The Hall–Kier alpha value is -1.65. The summed E-state index contributed by atoms with van der Waals surface area (Å²) in [5.74, 6) is 0. The first-order valence-electron chi connectivity index (χ1n) is 7.86. The molecule has 4 nitrogen and oxygen atoms in total. The van der Waals surface area contributed by atoms with E-state index in [-0.39, 0.29) is 0 Å². The Morgan fingerprint density at radius 2 is 1.52 bits per heavy atom. The zero-order valence-electron chi connectivity index (χ0n) is 12.6. The van der Waals surface area contributed by atoms with Crippen molar-refractivity contribution >= 4 is 0 Å². The second-order valence-electron chi connectivity index (χ2n) is 5.69. The highest BCUT2D eigenvalue weighted by atomic mass is 15.3. The fraction of sp³-hybridized carbons (Fsp3) is 0.471. The Morgan fingerprint density at radius 1 is 0.810 bits per heavy atom. The summed E-state index contributed by atoms with van der Waals surface area (Å²) in [6, 6.07) is 12.8. The second kappa shape index (κ2) is 7.38. The molecule has 1 aromatic carbocycles. The van der Waals surface area contributed by atoms with E-state index in [0.717, 1.165) is 19.5 Å². The van der Waals surface area contributed by atoms with E-state index in [1.807, 2.05) is 23.1 Å². The van der Waals surface area contributed by atoms with Crippen LogP contribution in [0.4, 0.5) is 0 Å². The molecule has 2 aromatic rings. The first-order chi connectivity index (χ1) is 10.4. The molecule has 0 radical (unpaired) electrons. The van der Waals surface area contributed by atoms with Crippen molar-refractivity contribution in [3.63, 3.8) is 0 Å². The van der Waals surface area contributed by atoms with Crippen molar-refractivity contribution in [3.05, 3.63) is 54.4 Å².